The Morgan fingerprint density at radius 3 is 2.57 bits per heavy atom. The first kappa shape index (κ1) is 20.1. The summed E-state index contributed by atoms with van der Waals surface area (Å²) in [6.45, 7) is 1.59. The molecule has 152 valence electrons. The van der Waals surface area contributed by atoms with Gasteiger partial charge in [-0.1, -0.05) is 5.16 Å². The van der Waals surface area contributed by atoms with Crippen molar-refractivity contribution < 1.29 is 31.9 Å². The van der Waals surface area contributed by atoms with Crippen molar-refractivity contribution in [1.29, 1.82) is 0 Å². The molecule has 10 nitrogen and oxygen atoms in total. The van der Waals surface area contributed by atoms with E-state index in [0.717, 1.165) is 0 Å². The van der Waals surface area contributed by atoms with Crippen LogP contribution in [-0.2, 0) is 25.1 Å². The van der Waals surface area contributed by atoms with Gasteiger partial charge < -0.3 is 23.6 Å². The van der Waals surface area contributed by atoms with Gasteiger partial charge in [-0.05, 0) is 18.2 Å². The van der Waals surface area contributed by atoms with Gasteiger partial charge in [0, 0.05) is 18.7 Å². The van der Waals surface area contributed by atoms with E-state index in [9.17, 15) is 13.2 Å². The number of ether oxygens (including phenoxy) is 3. The van der Waals surface area contributed by atoms with Crippen LogP contribution in [-0.4, -0.2) is 75.6 Å². The average molecular weight is 411 g/mol. The molecule has 3 rings (SSSR count). The minimum atomic E-state index is -3.75. The van der Waals surface area contributed by atoms with Gasteiger partial charge in [-0.2, -0.15) is 4.98 Å². The summed E-state index contributed by atoms with van der Waals surface area (Å²) < 4.78 is 45.3. The van der Waals surface area contributed by atoms with Gasteiger partial charge in [0.05, 0.1) is 27.4 Å². The van der Waals surface area contributed by atoms with E-state index in [0.29, 0.717) is 43.4 Å². The molecule has 0 saturated carbocycles. The highest BCUT2D eigenvalue weighted by Gasteiger charge is 2.26. The zero-order valence-electron chi connectivity index (χ0n) is 15.6. The van der Waals surface area contributed by atoms with Crippen molar-refractivity contribution in [3.63, 3.8) is 0 Å². The minimum Gasteiger partial charge on any atom is -0.493 e. The number of sulfone groups is 1. The van der Waals surface area contributed by atoms with E-state index in [1.807, 2.05) is 0 Å². The molecule has 11 heteroatoms. The second kappa shape index (κ2) is 8.57. The summed E-state index contributed by atoms with van der Waals surface area (Å²) in [5, 5.41) is 3.81. The molecule has 0 aliphatic carbocycles. The van der Waals surface area contributed by atoms with Gasteiger partial charge in [0.25, 0.3) is 0 Å². The van der Waals surface area contributed by atoms with Gasteiger partial charge >= 0.3 is 0 Å². The standard InChI is InChI=1S/C17H21N3O7S/c1-24-13-4-3-12(9-14(13)25-2)17-18-15(27-19-17)10-28(22,23)11-16(21)20-5-7-26-8-6-20/h3-4,9H,5-8,10-11H2,1-2H3. The molecular formula is C17H21N3O7S. The Balaban J connectivity index is 1.69. The lowest BCUT2D eigenvalue weighted by molar-refractivity contribution is -0.132. The quantitative estimate of drug-likeness (QED) is 0.642. The SMILES string of the molecule is COc1ccc(-c2noc(CS(=O)(=O)CC(=O)N3CCOCC3)n2)cc1OC. The lowest BCUT2D eigenvalue weighted by atomic mass is 10.2. The molecule has 0 spiro atoms. The summed E-state index contributed by atoms with van der Waals surface area (Å²) in [6, 6.07) is 5.04. The molecule has 2 aromatic rings. The Morgan fingerprint density at radius 2 is 1.89 bits per heavy atom. The second-order valence-corrected chi connectivity index (χ2v) is 8.17. The molecule has 1 aromatic carbocycles. The molecule has 0 bridgehead atoms. The number of methoxy groups -OCH3 is 2. The highest BCUT2D eigenvalue weighted by atomic mass is 32.2. The lowest BCUT2D eigenvalue weighted by Crippen LogP contribution is -2.43. The number of rotatable bonds is 7. The molecule has 0 N–H and O–H groups in total. The van der Waals surface area contributed by atoms with Gasteiger partial charge in [-0.25, -0.2) is 8.42 Å². The lowest BCUT2D eigenvalue weighted by Gasteiger charge is -2.26. The third-order valence-electron chi connectivity index (χ3n) is 4.16. The molecule has 28 heavy (non-hydrogen) atoms. The fourth-order valence-electron chi connectivity index (χ4n) is 2.74. The van der Waals surface area contributed by atoms with Crippen molar-refractivity contribution in [3.8, 4) is 22.9 Å². The van der Waals surface area contributed by atoms with Gasteiger partial charge in [0.1, 0.15) is 11.5 Å². The minimum absolute atomic E-state index is 0.0837. The predicted octanol–water partition coefficient (Wildman–Crippen LogP) is 0.527. The van der Waals surface area contributed by atoms with Crippen molar-refractivity contribution in [2.45, 2.75) is 5.75 Å². The highest BCUT2D eigenvalue weighted by molar-refractivity contribution is 7.91. The number of morpholine rings is 1. The van der Waals surface area contributed by atoms with Crippen molar-refractivity contribution in [2.24, 2.45) is 0 Å². The summed E-state index contributed by atoms with van der Waals surface area (Å²) >= 11 is 0. The van der Waals surface area contributed by atoms with Crippen LogP contribution >= 0.6 is 0 Å². The normalized spacial score (nSPS) is 14.7. The van der Waals surface area contributed by atoms with E-state index in [2.05, 4.69) is 10.1 Å². The maximum absolute atomic E-state index is 12.3. The maximum atomic E-state index is 12.3. The topological polar surface area (TPSA) is 121 Å². The number of hydrogen-bond acceptors (Lipinski definition) is 9. The zero-order chi connectivity index (χ0) is 20.1. The Kier molecular flexibility index (Phi) is 6.15. The van der Waals surface area contributed by atoms with Crippen LogP contribution in [0.15, 0.2) is 22.7 Å². The molecule has 1 aliphatic rings. The van der Waals surface area contributed by atoms with Crippen LogP contribution in [0.1, 0.15) is 5.89 Å². The third-order valence-corrected chi connectivity index (χ3v) is 5.53. The number of aromatic nitrogens is 2. The number of carbonyl (C=O) groups is 1. The Bertz CT molecular complexity index is 936. The average Bonchev–Trinajstić information content (AvgIpc) is 3.15. The van der Waals surface area contributed by atoms with Crippen LogP contribution in [0.4, 0.5) is 0 Å². The number of carbonyl (C=O) groups excluding carboxylic acids is 1. The van der Waals surface area contributed by atoms with Gasteiger partial charge in [0.15, 0.2) is 21.3 Å². The summed E-state index contributed by atoms with van der Waals surface area (Å²) in [6.07, 6.45) is 0. The summed E-state index contributed by atoms with van der Waals surface area (Å²) in [4.78, 5) is 17.8. The van der Waals surface area contributed by atoms with Crippen molar-refractivity contribution in [1.82, 2.24) is 15.0 Å². The van der Waals surface area contributed by atoms with Gasteiger partial charge in [-0.3, -0.25) is 4.79 Å². The van der Waals surface area contributed by atoms with Crippen LogP contribution in [0.2, 0.25) is 0 Å². The Labute approximate surface area is 162 Å². The second-order valence-electron chi connectivity index (χ2n) is 6.11. The van der Waals surface area contributed by atoms with Crippen molar-refractivity contribution >= 4 is 15.7 Å². The first-order valence-corrected chi connectivity index (χ1v) is 10.3. The Hall–Kier alpha value is -2.66. The molecule has 0 unspecified atom stereocenters. The molecule has 0 radical (unpaired) electrons. The summed E-state index contributed by atoms with van der Waals surface area (Å²) in [7, 11) is -0.726. The van der Waals surface area contributed by atoms with E-state index in [1.165, 1.54) is 19.1 Å². The van der Waals surface area contributed by atoms with Gasteiger partial charge in [0.2, 0.25) is 17.6 Å². The van der Waals surface area contributed by atoms with Crippen LogP contribution in [0.3, 0.4) is 0 Å². The third kappa shape index (κ3) is 4.78. The predicted molar refractivity (Wildman–Crippen MR) is 97.7 cm³/mol. The van der Waals surface area contributed by atoms with E-state index in [4.69, 9.17) is 18.7 Å². The molecule has 2 heterocycles. The molecule has 1 aromatic heterocycles. The molecule has 1 aliphatic heterocycles. The number of benzene rings is 1. The molecular weight excluding hydrogens is 390 g/mol. The zero-order valence-corrected chi connectivity index (χ0v) is 16.4. The van der Waals surface area contributed by atoms with E-state index in [1.54, 1.807) is 18.2 Å². The summed E-state index contributed by atoms with van der Waals surface area (Å²) in [5.74, 6) is -0.424. The molecule has 0 atom stereocenters. The number of hydrogen-bond donors (Lipinski definition) is 0. The monoisotopic (exact) mass is 411 g/mol. The van der Waals surface area contributed by atoms with Crippen LogP contribution in [0.5, 0.6) is 11.5 Å². The highest BCUT2D eigenvalue weighted by Crippen LogP contribution is 2.31. The van der Waals surface area contributed by atoms with Gasteiger partial charge in [-0.15, -0.1) is 0 Å². The number of amides is 1. The maximum Gasteiger partial charge on any atom is 0.242 e. The first-order valence-electron chi connectivity index (χ1n) is 8.53. The van der Waals surface area contributed by atoms with Crippen LogP contribution < -0.4 is 9.47 Å². The fraction of sp³-hybridized carbons (Fsp3) is 0.471. The van der Waals surface area contributed by atoms with E-state index in [-0.39, 0.29) is 11.7 Å². The van der Waals surface area contributed by atoms with E-state index >= 15 is 0 Å². The largest absolute Gasteiger partial charge is 0.493 e. The van der Waals surface area contributed by atoms with E-state index < -0.39 is 27.3 Å². The summed E-state index contributed by atoms with van der Waals surface area (Å²) in [5.41, 5.74) is 0.578. The number of nitrogens with zero attached hydrogens (tertiary/aromatic N) is 3. The van der Waals surface area contributed by atoms with Crippen molar-refractivity contribution in [3.05, 3.63) is 24.1 Å². The molecule has 1 saturated heterocycles. The van der Waals surface area contributed by atoms with Crippen LogP contribution in [0, 0.1) is 0 Å². The first-order chi connectivity index (χ1) is 13.4. The fourth-order valence-corrected chi connectivity index (χ4v) is 3.89. The Morgan fingerprint density at radius 1 is 1.18 bits per heavy atom. The molecule has 1 amide bonds. The molecule has 1 fully saturated rings. The van der Waals surface area contributed by atoms with Crippen molar-refractivity contribution in [2.75, 3.05) is 46.3 Å². The smallest absolute Gasteiger partial charge is 0.242 e. The van der Waals surface area contributed by atoms with Crippen LogP contribution in [0.25, 0.3) is 11.4 Å².